The van der Waals surface area contributed by atoms with E-state index in [4.69, 9.17) is 9.73 Å². The van der Waals surface area contributed by atoms with Crippen molar-refractivity contribution < 1.29 is 4.74 Å². The van der Waals surface area contributed by atoms with Gasteiger partial charge in [0.25, 0.3) is 0 Å². The number of guanidine groups is 1. The number of hydrogen-bond acceptors (Lipinski definition) is 4. The highest BCUT2D eigenvalue weighted by Crippen LogP contribution is 2.17. The van der Waals surface area contributed by atoms with Gasteiger partial charge in [0.05, 0.1) is 6.54 Å². The van der Waals surface area contributed by atoms with Gasteiger partial charge in [-0.2, -0.15) is 11.3 Å². The van der Waals surface area contributed by atoms with Gasteiger partial charge in [0.15, 0.2) is 5.96 Å². The minimum atomic E-state index is 0. The van der Waals surface area contributed by atoms with Crippen LogP contribution in [0.2, 0.25) is 0 Å². The number of nitrogens with one attached hydrogen (secondary N) is 2. The molecular weight excluding hydrogens is 483 g/mol. The van der Waals surface area contributed by atoms with Gasteiger partial charge >= 0.3 is 0 Å². The average molecular weight is 516 g/mol. The molecule has 28 heavy (non-hydrogen) atoms. The molecule has 2 rings (SSSR count). The van der Waals surface area contributed by atoms with Gasteiger partial charge in [0.1, 0.15) is 12.4 Å². The van der Waals surface area contributed by atoms with Crippen LogP contribution in [0.25, 0.3) is 0 Å². The Morgan fingerprint density at radius 1 is 1.25 bits per heavy atom. The predicted molar refractivity (Wildman–Crippen MR) is 131 cm³/mol. The lowest BCUT2D eigenvalue weighted by Crippen LogP contribution is -2.39. The zero-order valence-electron chi connectivity index (χ0n) is 17.3. The van der Waals surface area contributed by atoms with Crippen LogP contribution in [0, 0.1) is 0 Å². The smallest absolute Gasteiger partial charge is 0.191 e. The van der Waals surface area contributed by atoms with Gasteiger partial charge in [-0.3, -0.25) is 0 Å². The summed E-state index contributed by atoms with van der Waals surface area (Å²) in [6.07, 6.45) is 0. The van der Waals surface area contributed by atoms with Crippen molar-refractivity contribution in [1.29, 1.82) is 0 Å². The summed E-state index contributed by atoms with van der Waals surface area (Å²) in [6, 6.07) is 10.4. The summed E-state index contributed by atoms with van der Waals surface area (Å²) in [7, 11) is 4.09. The molecule has 0 fully saturated rings. The van der Waals surface area contributed by atoms with Crippen molar-refractivity contribution in [3.63, 3.8) is 0 Å². The van der Waals surface area contributed by atoms with E-state index < -0.39 is 0 Å². The van der Waals surface area contributed by atoms with Crippen molar-refractivity contribution in [2.24, 2.45) is 4.99 Å². The molecule has 1 heterocycles. The van der Waals surface area contributed by atoms with Crippen LogP contribution in [0.5, 0.6) is 5.75 Å². The Labute approximate surface area is 190 Å². The number of likely N-dealkylation sites (N-methyl/N-ethyl adjacent to an activating group) is 1. The van der Waals surface area contributed by atoms with Crippen molar-refractivity contribution in [2.75, 3.05) is 40.3 Å². The number of halogens is 1. The van der Waals surface area contributed by atoms with Crippen LogP contribution < -0.4 is 15.4 Å². The molecule has 0 saturated heterocycles. The molecule has 1 atom stereocenters. The number of benzene rings is 1. The molecule has 0 radical (unpaired) electrons. The van der Waals surface area contributed by atoms with Gasteiger partial charge < -0.3 is 20.3 Å². The monoisotopic (exact) mass is 516 g/mol. The minimum absolute atomic E-state index is 0. The predicted octanol–water partition coefficient (Wildman–Crippen LogP) is 4.17. The molecule has 1 aromatic carbocycles. The molecule has 2 aromatic rings. The fourth-order valence-corrected chi connectivity index (χ4v) is 3.30. The van der Waals surface area contributed by atoms with E-state index in [1.807, 2.05) is 26.2 Å². The van der Waals surface area contributed by atoms with Crippen molar-refractivity contribution >= 4 is 41.3 Å². The van der Waals surface area contributed by atoms with Gasteiger partial charge in [-0.15, -0.1) is 24.0 Å². The lowest BCUT2D eigenvalue weighted by molar-refractivity contribution is 0.261. The van der Waals surface area contributed by atoms with Crippen LogP contribution in [0.4, 0.5) is 0 Å². The number of nitrogens with zero attached hydrogens (tertiary/aromatic N) is 2. The molecule has 1 unspecified atom stereocenters. The van der Waals surface area contributed by atoms with E-state index in [1.54, 1.807) is 11.3 Å². The van der Waals surface area contributed by atoms with E-state index >= 15 is 0 Å². The Morgan fingerprint density at radius 2 is 2.07 bits per heavy atom. The summed E-state index contributed by atoms with van der Waals surface area (Å²) in [5.41, 5.74) is 2.51. The highest BCUT2D eigenvalue weighted by atomic mass is 127. The maximum atomic E-state index is 5.81. The Kier molecular flexibility index (Phi) is 12.2. The van der Waals surface area contributed by atoms with Crippen molar-refractivity contribution in [1.82, 2.24) is 15.5 Å². The second kappa shape index (κ2) is 13.8. The fourth-order valence-electron chi connectivity index (χ4n) is 2.51. The number of thiophene rings is 1. The molecule has 5 nitrogen and oxygen atoms in total. The molecule has 7 heteroatoms. The normalized spacial score (nSPS) is 12.4. The molecular formula is C21H33IN4OS. The van der Waals surface area contributed by atoms with E-state index in [9.17, 15) is 0 Å². The first-order valence-corrected chi connectivity index (χ1v) is 10.4. The van der Waals surface area contributed by atoms with Gasteiger partial charge in [-0.25, -0.2) is 4.99 Å². The summed E-state index contributed by atoms with van der Waals surface area (Å²) in [6.45, 7) is 8.21. The van der Waals surface area contributed by atoms with Gasteiger partial charge in [-0.05, 0) is 67.0 Å². The van der Waals surface area contributed by atoms with E-state index in [0.717, 1.165) is 36.9 Å². The molecule has 2 N–H and O–H groups in total. The lowest BCUT2D eigenvalue weighted by Gasteiger charge is -2.15. The van der Waals surface area contributed by atoms with Gasteiger partial charge in [0, 0.05) is 19.6 Å². The molecule has 0 aliphatic carbocycles. The fraction of sp³-hybridized carbons (Fsp3) is 0.476. The third-order valence-corrected chi connectivity index (χ3v) is 4.86. The zero-order chi connectivity index (χ0) is 19.5. The second-order valence-electron chi connectivity index (χ2n) is 6.83. The first-order valence-electron chi connectivity index (χ1n) is 9.49. The SMILES string of the molecule is CCNC(=NCc1cccc(OCCN(C)C)c1)NCC(C)c1ccsc1.I. The molecule has 1 aromatic heterocycles. The summed E-state index contributed by atoms with van der Waals surface area (Å²) in [4.78, 5) is 6.83. The topological polar surface area (TPSA) is 48.9 Å². The minimum Gasteiger partial charge on any atom is -0.492 e. The van der Waals surface area contributed by atoms with E-state index in [-0.39, 0.29) is 24.0 Å². The lowest BCUT2D eigenvalue weighted by atomic mass is 10.1. The first kappa shape index (κ1) is 24.7. The third kappa shape index (κ3) is 9.25. The maximum absolute atomic E-state index is 5.81. The quantitative estimate of drug-likeness (QED) is 0.283. The Balaban J connectivity index is 0.00000392. The molecule has 0 spiro atoms. The zero-order valence-corrected chi connectivity index (χ0v) is 20.4. The van der Waals surface area contributed by atoms with Crippen LogP contribution in [-0.2, 0) is 6.54 Å². The van der Waals surface area contributed by atoms with Gasteiger partial charge in [-0.1, -0.05) is 19.1 Å². The number of rotatable bonds is 10. The Morgan fingerprint density at radius 3 is 2.75 bits per heavy atom. The van der Waals surface area contributed by atoms with Crippen LogP contribution in [-0.4, -0.2) is 51.2 Å². The van der Waals surface area contributed by atoms with E-state index in [2.05, 4.69) is 58.3 Å². The van der Waals surface area contributed by atoms with Crippen molar-refractivity contribution in [3.8, 4) is 5.75 Å². The molecule has 0 bridgehead atoms. The third-order valence-electron chi connectivity index (χ3n) is 4.16. The van der Waals surface area contributed by atoms with Crippen LogP contribution in [0.1, 0.15) is 30.9 Å². The molecule has 0 aliphatic heterocycles. The second-order valence-corrected chi connectivity index (χ2v) is 7.61. The van der Waals surface area contributed by atoms with Gasteiger partial charge in [0.2, 0.25) is 0 Å². The van der Waals surface area contributed by atoms with Crippen molar-refractivity contribution in [3.05, 3.63) is 52.2 Å². The maximum Gasteiger partial charge on any atom is 0.191 e. The molecule has 0 aliphatic rings. The summed E-state index contributed by atoms with van der Waals surface area (Å²) >= 11 is 1.74. The summed E-state index contributed by atoms with van der Waals surface area (Å²) in [5, 5.41) is 11.1. The highest BCUT2D eigenvalue weighted by Gasteiger charge is 2.07. The van der Waals surface area contributed by atoms with E-state index in [0.29, 0.717) is 19.1 Å². The Hall–Kier alpha value is -1.32. The van der Waals surface area contributed by atoms with Crippen molar-refractivity contribution in [2.45, 2.75) is 26.3 Å². The Bertz CT molecular complexity index is 691. The van der Waals surface area contributed by atoms with E-state index in [1.165, 1.54) is 5.56 Å². The van der Waals surface area contributed by atoms with Crippen LogP contribution in [0.15, 0.2) is 46.1 Å². The summed E-state index contributed by atoms with van der Waals surface area (Å²) < 4.78 is 5.81. The van der Waals surface area contributed by atoms with Crippen LogP contribution in [0.3, 0.4) is 0 Å². The number of hydrogen-bond donors (Lipinski definition) is 2. The highest BCUT2D eigenvalue weighted by molar-refractivity contribution is 14.0. The number of aliphatic imine (C=N–C) groups is 1. The first-order chi connectivity index (χ1) is 13.1. The average Bonchev–Trinajstić information content (AvgIpc) is 3.19. The molecule has 0 saturated carbocycles. The molecule has 0 amide bonds. The number of ether oxygens (including phenoxy) is 1. The summed E-state index contributed by atoms with van der Waals surface area (Å²) in [5.74, 6) is 2.20. The van der Waals surface area contributed by atoms with Crippen LogP contribution >= 0.6 is 35.3 Å². The standard InChI is InChI=1S/C21H32N4OS.HI/c1-5-22-21(23-14-17(2)19-9-12-27-16-19)24-15-18-7-6-8-20(13-18)26-11-10-25(3)4;/h6-9,12-13,16-17H,5,10-11,14-15H2,1-4H3,(H2,22,23,24);1H. The largest absolute Gasteiger partial charge is 0.492 e. The molecule has 156 valence electrons.